The standard InChI is InChI=1S/C41H63NO15/c1-10-19(3)34(47)56-33-28(46)27-23(17-42-16-18(2)11-12-25(42)38(27,9)50)24-15-39-32(40(24,33)51)30(54-22(6)45)29(53-21(5)44)31-36(39,7)14-13-26(41(31,52)57-39)55-35(48)37(8,49)20(4)43/h18-20,23-33,43,46,49-52H,10-17H2,1-9H3/t18-,19+,20?,23-,24-,25-,26-,27+,28+,29-,30+,31-,32+,33-,36-,37-,38+,39+,40-,41-/m0/s1. The van der Waals surface area contributed by atoms with Crippen LogP contribution < -0.4 is 0 Å². The van der Waals surface area contributed by atoms with Crippen LogP contribution >= 0.6 is 0 Å². The molecule has 1 spiro atoms. The summed E-state index contributed by atoms with van der Waals surface area (Å²) in [7, 11) is 0. The van der Waals surface area contributed by atoms with Crippen molar-refractivity contribution in [3.8, 4) is 0 Å². The van der Waals surface area contributed by atoms with Crippen LogP contribution in [0.2, 0.25) is 0 Å². The van der Waals surface area contributed by atoms with E-state index in [9.17, 15) is 49.8 Å². The summed E-state index contributed by atoms with van der Waals surface area (Å²) < 4.78 is 31.1. The molecule has 4 bridgehead atoms. The lowest BCUT2D eigenvalue weighted by atomic mass is 9.48. The first kappa shape index (κ1) is 42.7. The van der Waals surface area contributed by atoms with Crippen LogP contribution in [0, 0.1) is 46.8 Å². The second-order valence-corrected chi connectivity index (χ2v) is 19.4. The van der Waals surface area contributed by atoms with Gasteiger partial charge in [0, 0.05) is 44.3 Å². The van der Waals surface area contributed by atoms with E-state index >= 15 is 0 Å². The number of carbonyl (C=O) groups is 4. The van der Waals surface area contributed by atoms with Gasteiger partial charge in [-0.1, -0.05) is 27.7 Å². The van der Waals surface area contributed by atoms with Crippen LogP contribution in [-0.2, 0) is 42.9 Å². The fraction of sp³-hybridized carbons (Fsp3) is 0.902. The van der Waals surface area contributed by atoms with E-state index in [-0.39, 0.29) is 25.3 Å². The third-order valence-corrected chi connectivity index (χ3v) is 16.1. The number of fused-ring (bicyclic) bond motifs is 5. The van der Waals surface area contributed by atoms with Gasteiger partial charge in [0.15, 0.2) is 17.8 Å². The lowest BCUT2D eigenvalue weighted by molar-refractivity contribution is -0.301. The van der Waals surface area contributed by atoms with Gasteiger partial charge in [-0.3, -0.25) is 19.3 Å². The second kappa shape index (κ2) is 13.8. The molecule has 0 aromatic rings. The number of hydrogen-bond donors (Lipinski definition) is 6. The van der Waals surface area contributed by atoms with E-state index in [4.69, 9.17) is 23.7 Å². The fourth-order valence-corrected chi connectivity index (χ4v) is 13.1. The topological polar surface area (TPSA) is 239 Å². The molecule has 4 aliphatic carbocycles. The summed E-state index contributed by atoms with van der Waals surface area (Å²) in [6.45, 7) is 14.7. The minimum Gasteiger partial charge on any atom is -0.458 e. The summed E-state index contributed by atoms with van der Waals surface area (Å²) in [5.41, 5.74) is -9.03. The van der Waals surface area contributed by atoms with E-state index < -0.39 is 130 Å². The molecule has 0 amide bonds. The lowest BCUT2D eigenvalue weighted by Gasteiger charge is -2.64. The van der Waals surface area contributed by atoms with Gasteiger partial charge >= 0.3 is 23.9 Å². The van der Waals surface area contributed by atoms with Crippen molar-refractivity contribution >= 4 is 23.9 Å². The lowest BCUT2D eigenvalue weighted by Crippen LogP contribution is -2.78. The number of esters is 4. The van der Waals surface area contributed by atoms with Crippen LogP contribution in [0.3, 0.4) is 0 Å². The quantitative estimate of drug-likeness (QED) is 0.145. The summed E-state index contributed by atoms with van der Waals surface area (Å²) in [5, 5.41) is 73.2. The van der Waals surface area contributed by atoms with Crippen molar-refractivity contribution in [2.24, 2.45) is 46.8 Å². The number of ether oxygens (including phenoxy) is 5. The molecule has 0 radical (unpaired) electrons. The summed E-state index contributed by atoms with van der Waals surface area (Å²) >= 11 is 0. The van der Waals surface area contributed by atoms with Gasteiger partial charge in [0.2, 0.25) is 5.79 Å². The van der Waals surface area contributed by atoms with Crippen molar-refractivity contribution in [3.05, 3.63) is 0 Å². The summed E-state index contributed by atoms with van der Waals surface area (Å²) in [4.78, 5) is 55.6. The van der Waals surface area contributed by atoms with Gasteiger partial charge < -0.3 is 54.3 Å². The van der Waals surface area contributed by atoms with Crippen molar-refractivity contribution in [2.75, 3.05) is 13.1 Å². The van der Waals surface area contributed by atoms with Crippen LogP contribution in [0.25, 0.3) is 0 Å². The maximum absolute atomic E-state index is 13.9. The van der Waals surface area contributed by atoms with Gasteiger partial charge in [-0.25, -0.2) is 4.79 Å². The molecule has 3 heterocycles. The summed E-state index contributed by atoms with van der Waals surface area (Å²) in [6.07, 6.45) is -7.41. The number of carbonyl (C=O) groups excluding carboxylic acids is 4. The summed E-state index contributed by atoms with van der Waals surface area (Å²) in [5.74, 6) is -11.5. The molecule has 16 nitrogen and oxygen atoms in total. The first-order valence-corrected chi connectivity index (χ1v) is 20.8. The Balaban J connectivity index is 1.45. The van der Waals surface area contributed by atoms with Crippen molar-refractivity contribution in [1.29, 1.82) is 0 Å². The Bertz CT molecular complexity index is 1650. The number of aliphatic hydroxyl groups excluding tert-OH is 2. The molecule has 3 saturated heterocycles. The van der Waals surface area contributed by atoms with Gasteiger partial charge in [-0.15, -0.1) is 0 Å². The molecule has 16 heteroatoms. The predicted octanol–water partition coefficient (Wildman–Crippen LogP) is 0.578. The highest BCUT2D eigenvalue weighted by atomic mass is 16.7. The molecule has 4 saturated carbocycles. The van der Waals surface area contributed by atoms with Crippen molar-refractivity contribution in [3.63, 3.8) is 0 Å². The monoisotopic (exact) mass is 809 g/mol. The molecule has 7 fully saturated rings. The number of hydrogen-bond acceptors (Lipinski definition) is 16. The predicted molar refractivity (Wildman–Crippen MR) is 196 cm³/mol. The zero-order valence-corrected chi connectivity index (χ0v) is 34.5. The maximum atomic E-state index is 13.9. The normalized spacial score (nSPS) is 50.4. The van der Waals surface area contributed by atoms with Gasteiger partial charge in [0.05, 0.1) is 41.2 Å². The van der Waals surface area contributed by atoms with E-state index in [2.05, 4.69) is 11.8 Å². The van der Waals surface area contributed by atoms with Crippen molar-refractivity contribution < 1.29 is 73.5 Å². The summed E-state index contributed by atoms with van der Waals surface area (Å²) in [6, 6.07) is -0.329. The number of nitrogens with zero attached hydrogens (tertiary/aromatic N) is 1. The minimum atomic E-state index is -2.47. The third kappa shape index (κ3) is 5.81. The third-order valence-electron chi connectivity index (χ3n) is 16.1. The smallest absolute Gasteiger partial charge is 0.341 e. The Morgan fingerprint density at radius 1 is 0.930 bits per heavy atom. The molecule has 0 aromatic carbocycles. The average Bonchev–Trinajstić information content (AvgIpc) is 3.40. The Labute approximate surface area is 333 Å². The van der Waals surface area contributed by atoms with E-state index in [1.807, 2.05) is 6.92 Å². The Morgan fingerprint density at radius 3 is 2.12 bits per heavy atom. The molecule has 6 N–H and O–H groups in total. The molecule has 0 aromatic heterocycles. The number of aliphatic hydroxyl groups is 6. The first-order chi connectivity index (χ1) is 26.3. The Morgan fingerprint density at radius 2 is 1.54 bits per heavy atom. The molecule has 3 aliphatic heterocycles. The molecule has 7 rings (SSSR count). The molecule has 1 unspecified atom stereocenters. The van der Waals surface area contributed by atoms with Crippen LogP contribution in [0.4, 0.5) is 0 Å². The second-order valence-electron chi connectivity index (χ2n) is 19.4. The first-order valence-electron chi connectivity index (χ1n) is 20.8. The molecular formula is C41H63NO15. The molecule has 322 valence electrons. The Hall–Kier alpha value is -2.44. The largest absolute Gasteiger partial charge is 0.458 e. The van der Waals surface area contributed by atoms with E-state index in [0.29, 0.717) is 31.8 Å². The molecule has 20 atom stereocenters. The number of rotatable bonds is 8. The van der Waals surface area contributed by atoms with Gasteiger partial charge in [0.25, 0.3) is 0 Å². The maximum Gasteiger partial charge on any atom is 0.341 e. The van der Waals surface area contributed by atoms with E-state index in [1.54, 1.807) is 20.8 Å². The van der Waals surface area contributed by atoms with Gasteiger partial charge in [-0.05, 0) is 77.0 Å². The molecule has 57 heavy (non-hydrogen) atoms. The molecular weight excluding hydrogens is 746 g/mol. The van der Waals surface area contributed by atoms with Crippen molar-refractivity contribution in [2.45, 2.75) is 172 Å². The van der Waals surface area contributed by atoms with Gasteiger partial charge in [-0.2, -0.15) is 0 Å². The zero-order chi connectivity index (χ0) is 42.2. The fourth-order valence-electron chi connectivity index (χ4n) is 13.1. The highest BCUT2D eigenvalue weighted by Crippen LogP contribution is 2.78. The van der Waals surface area contributed by atoms with E-state index in [1.165, 1.54) is 6.92 Å². The minimum absolute atomic E-state index is 0.0170. The average molecular weight is 810 g/mol. The Kier molecular flexibility index (Phi) is 10.3. The van der Waals surface area contributed by atoms with E-state index in [0.717, 1.165) is 27.2 Å². The number of piperidine rings is 2. The SMILES string of the molecule is CC[C@@H](C)C(=O)O[C@H]1[C@H](O)[C@H]2[C@@H](CN3C[C@@H](C)CC[C@H]3[C@@]2(C)O)[C@@H]2C[C@]34O[C@@]5(O)[C@@H](OC(=O)[C@@](C)(O)C(C)O)CC[C@@]3(C)[C@@H]5[C@@H](OC(C)=O)[C@@H](OC(C)=O)[C@H]4[C@@]21O. The highest BCUT2D eigenvalue weighted by Gasteiger charge is 2.90. The van der Waals surface area contributed by atoms with Crippen LogP contribution in [-0.4, -0.2) is 143 Å². The molecule has 7 aliphatic rings. The highest BCUT2D eigenvalue weighted by molar-refractivity contribution is 5.79. The van der Waals surface area contributed by atoms with Crippen molar-refractivity contribution in [1.82, 2.24) is 4.90 Å². The van der Waals surface area contributed by atoms with Crippen LogP contribution in [0.1, 0.15) is 101 Å². The van der Waals surface area contributed by atoms with Crippen LogP contribution in [0.15, 0.2) is 0 Å². The van der Waals surface area contributed by atoms with Crippen LogP contribution in [0.5, 0.6) is 0 Å². The zero-order valence-electron chi connectivity index (χ0n) is 34.5. The van der Waals surface area contributed by atoms with Gasteiger partial charge in [0.1, 0.15) is 17.8 Å².